The second-order valence-electron chi connectivity index (χ2n) is 4.19. The fourth-order valence-corrected chi connectivity index (χ4v) is 2.41. The first-order chi connectivity index (χ1) is 8.43. The number of hydrogen-bond donors (Lipinski definition) is 0. The Morgan fingerprint density at radius 3 is 2.53 bits per heavy atom. The van der Waals surface area contributed by atoms with Gasteiger partial charge in [-0.25, -0.2) is 4.98 Å². The summed E-state index contributed by atoms with van der Waals surface area (Å²) in [5.41, 5.74) is 4.45. The molecule has 0 aliphatic carbocycles. The Morgan fingerprint density at radius 2 is 1.53 bits per heavy atom. The lowest BCUT2D eigenvalue weighted by atomic mass is 10.3. The zero-order valence-electron chi connectivity index (χ0n) is 9.17. The third-order valence-electron chi connectivity index (χ3n) is 3.16. The first-order valence-corrected chi connectivity index (χ1v) is 5.68. The van der Waals surface area contributed by atoms with Crippen LogP contribution < -0.4 is 0 Å². The van der Waals surface area contributed by atoms with Crippen LogP contribution in [0.1, 0.15) is 0 Å². The number of imidazole rings is 1. The summed E-state index contributed by atoms with van der Waals surface area (Å²) in [6.45, 7) is 0. The van der Waals surface area contributed by atoms with Crippen molar-refractivity contribution in [3.05, 3.63) is 60.7 Å². The Morgan fingerprint density at radius 1 is 0.765 bits per heavy atom. The number of aromatic nitrogens is 2. The number of benzene rings is 1. The van der Waals surface area contributed by atoms with E-state index >= 15 is 0 Å². The van der Waals surface area contributed by atoms with Crippen LogP contribution in [0.15, 0.2) is 60.7 Å². The Bertz CT molecular complexity index is 843. The SMILES string of the molecule is c1ccc2cc3nc4ccccc4n3c2cc1. The van der Waals surface area contributed by atoms with Gasteiger partial charge >= 0.3 is 0 Å². The van der Waals surface area contributed by atoms with Crippen LogP contribution in [0.25, 0.3) is 27.6 Å². The Kier molecular flexibility index (Phi) is 1.59. The highest BCUT2D eigenvalue weighted by Crippen LogP contribution is 2.24. The molecule has 0 aliphatic heterocycles. The third-order valence-corrected chi connectivity index (χ3v) is 3.16. The summed E-state index contributed by atoms with van der Waals surface area (Å²) in [6, 6.07) is 20.8. The van der Waals surface area contributed by atoms with E-state index in [1.807, 2.05) is 12.1 Å². The van der Waals surface area contributed by atoms with Crippen LogP contribution in [-0.2, 0) is 0 Å². The molecule has 2 aromatic carbocycles. The average Bonchev–Trinajstić information content (AvgIpc) is 2.77. The monoisotopic (exact) mass is 218 g/mol. The van der Waals surface area contributed by atoms with E-state index in [1.54, 1.807) is 0 Å². The molecule has 4 rings (SSSR count). The zero-order valence-corrected chi connectivity index (χ0v) is 9.17. The minimum absolute atomic E-state index is 1.02. The minimum Gasteiger partial charge on any atom is -0.292 e. The smallest absolute Gasteiger partial charge is 0.139 e. The van der Waals surface area contributed by atoms with Gasteiger partial charge in [-0.15, -0.1) is 0 Å². The number of para-hydroxylation sites is 2. The molecule has 0 fully saturated rings. The van der Waals surface area contributed by atoms with E-state index in [0.29, 0.717) is 0 Å². The van der Waals surface area contributed by atoms with Crippen molar-refractivity contribution >= 4 is 27.6 Å². The highest BCUT2D eigenvalue weighted by Gasteiger charge is 2.07. The van der Waals surface area contributed by atoms with Crippen molar-refractivity contribution in [2.24, 2.45) is 0 Å². The molecule has 0 saturated carbocycles. The van der Waals surface area contributed by atoms with Crippen molar-refractivity contribution in [1.82, 2.24) is 9.38 Å². The predicted octanol–water partition coefficient (Wildman–Crippen LogP) is 3.64. The normalized spacial score (nSPS) is 11.5. The van der Waals surface area contributed by atoms with Gasteiger partial charge in [-0.1, -0.05) is 36.4 Å². The van der Waals surface area contributed by atoms with E-state index in [2.05, 4.69) is 57.9 Å². The number of fused-ring (bicyclic) bond motifs is 5. The maximum Gasteiger partial charge on any atom is 0.139 e. The molecule has 4 aromatic rings. The molecular formula is C15H10N2. The molecule has 0 unspecified atom stereocenters. The van der Waals surface area contributed by atoms with Crippen LogP contribution >= 0.6 is 0 Å². The molecule has 17 heavy (non-hydrogen) atoms. The maximum atomic E-state index is 4.64. The van der Waals surface area contributed by atoms with Crippen LogP contribution in [0.3, 0.4) is 0 Å². The van der Waals surface area contributed by atoms with Crippen LogP contribution in [0.2, 0.25) is 0 Å². The molecule has 0 bridgehead atoms. The fraction of sp³-hybridized carbons (Fsp3) is 0. The van der Waals surface area contributed by atoms with Gasteiger partial charge in [-0.2, -0.15) is 0 Å². The van der Waals surface area contributed by atoms with Gasteiger partial charge in [0.05, 0.1) is 16.6 Å². The van der Waals surface area contributed by atoms with Crippen LogP contribution in [-0.4, -0.2) is 9.38 Å². The largest absolute Gasteiger partial charge is 0.292 e. The van der Waals surface area contributed by atoms with E-state index in [-0.39, 0.29) is 0 Å². The van der Waals surface area contributed by atoms with Crippen LogP contribution in [0, 0.1) is 0 Å². The lowest BCUT2D eigenvalue weighted by Crippen LogP contribution is -1.77. The summed E-state index contributed by atoms with van der Waals surface area (Å²) in [6.07, 6.45) is 0. The second-order valence-corrected chi connectivity index (χ2v) is 4.19. The van der Waals surface area contributed by atoms with E-state index in [1.165, 1.54) is 16.4 Å². The van der Waals surface area contributed by atoms with Gasteiger partial charge in [0.25, 0.3) is 0 Å². The summed E-state index contributed by atoms with van der Waals surface area (Å²) in [5.74, 6) is 0. The summed E-state index contributed by atoms with van der Waals surface area (Å²) in [4.78, 5) is 4.64. The van der Waals surface area contributed by atoms with Gasteiger partial charge in [0.1, 0.15) is 5.65 Å². The molecule has 0 spiro atoms. The van der Waals surface area contributed by atoms with Gasteiger partial charge in [0.15, 0.2) is 0 Å². The molecule has 2 heterocycles. The van der Waals surface area contributed by atoms with Crippen molar-refractivity contribution < 1.29 is 0 Å². The molecule has 2 nitrogen and oxygen atoms in total. The first-order valence-electron chi connectivity index (χ1n) is 5.68. The quantitative estimate of drug-likeness (QED) is 0.440. The fourth-order valence-electron chi connectivity index (χ4n) is 2.41. The second kappa shape index (κ2) is 3.08. The molecule has 2 heteroatoms. The van der Waals surface area contributed by atoms with E-state index in [0.717, 1.165) is 11.2 Å². The van der Waals surface area contributed by atoms with Crippen molar-refractivity contribution in [2.75, 3.05) is 0 Å². The van der Waals surface area contributed by atoms with Crippen molar-refractivity contribution in [3.8, 4) is 0 Å². The molecule has 0 saturated heterocycles. The lowest BCUT2D eigenvalue weighted by molar-refractivity contribution is 1.33. The molecule has 0 N–H and O–H groups in total. The zero-order chi connectivity index (χ0) is 11.2. The molecular weight excluding hydrogens is 208 g/mol. The highest BCUT2D eigenvalue weighted by molar-refractivity contribution is 5.93. The highest BCUT2D eigenvalue weighted by atomic mass is 15.0. The van der Waals surface area contributed by atoms with Crippen molar-refractivity contribution in [3.63, 3.8) is 0 Å². The minimum atomic E-state index is 1.02. The van der Waals surface area contributed by atoms with Crippen molar-refractivity contribution in [2.45, 2.75) is 0 Å². The molecule has 80 valence electrons. The first kappa shape index (κ1) is 8.76. The summed E-state index contributed by atoms with van der Waals surface area (Å²) >= 11 is 0. The summed E-state index contributed by atoms with van der Waals surface area (Å²) in [5, 5.41) is 1.23. The van der Waals surface area contributed by atoms with Gasteiger partial charge in [0.2, 0.25) is 0 Å². The number of rotatable bonds is 0. The standard InChI is InChI=1S/C15H10N2/c1-2-6-11-10-15-16-12-7-4-5-9-14(12)17(15)13(11)8-3-1/h1-10H. The van der Waals surface area contributed by atoms with Crippen LogP contribution in [0.5, 0.6) is 0 Å². The van der Waals surface area contributed by atoms with E-state index in [4.69, 9.17) is 0 Å². The van der Waals surface area contributed by atoms with Crippen LogP contribution in [0.4, 0.5) is 0 Å². The molecule has 0 aliphatic rings. The molecule has 0 radical (unpaired) electrons. The van der Waals surface area contributed by atoms with Gasteiger partial charge in [-0.05, 0) is 24.3 Å². The maximum absolute atomic E-state index is 4.64. The number of hydrogen-bond acceptors (Lipinski definition) is 1. The van der Waals surface area contributed by atoms with Gasteiger partial charge < -0.3 is 0 Å². The van der Waals surface area contributed by atoms with Gasteiger partial charge in [0, 0.05) is 5.39 Å². The Labute approximate surface area is 98.1 Å². The summed E-state index contributed by atoms with van der Waals surface area (Å²) < 4.78 is 2.21. The van der Waals surface area contributed by atoms with Crippen molar-refractivity contribution in [1.29, 1.82) is 0 Å². The van der Waals surface area contributed by atoms with Gasteiger partial charge in [-0.3, -0.25) is 4.40 Å². The summed E-state index contributed by atoms with van der Waals surface area (Å²) in [7, 11) is 0. The molecule has 0 amide bonds. The average molecular weight is 218 g/mol. The van der Waals surface area contributed by atoms with E-state index < -0.39 is 0 Å². The molecule has 0 atom stereocenters. The Hall–Kier alpha value is -2.35. The topological polar surface area (TPSA) is 17.3 Å². The number of nitrogens with zero attached hydrogens (tertiary/aromatic N) is 2. The van der Waals surface area contributed by atoms with E-state index in [9.17, 15) is 0 Å². The predicted molar refractivity (Wildman–Crippen MR) is 70.2 cm³/mol. The molecule has 2 aromatic heterocycles. The lowest BCUT2D eigenvalue weighted by Gasteiger charge is -1.91. The Balaban J connectivity index is 2.36. The third kappa shape index (κ3) is 1.12.